The molecule has 1 heterocycles. The van der Waals surface area contributed by atoms with Gasteiger partial charge in [-0.3, -0.25) is 4.79 Å². The van der Waals surface area contributed by atoms with Crippen molar-refractivity contribution in [2.75, 3.05) is 5.75 Å². The van der Waals surface area contributed by atoms with Gasteiger partial charge in [0.1, 0.15) is 0 Å². The van der Waals surface area contributed by atoms with Gasteiger partial charge in [-0.2, -0.15) is 0 Å². The molecule has 0 radical (unpaired) electrons. The monoisotopic (exact) mass is 250 g/mol. The highest BCUT2D eigenvalue weighted by molar-refractivity contribution is 7.92. The first-order valence-electron chi connectivity index (χ1n) is 5.29. The summed E-state index contributed by atoms with van der Waals surface area (Å²) in [5.41, 5.74) is 11.3. The van der Waals surface area contributed by atoms with Crippen molar-refractivity contribution in [3.8, 4) is 0 Å². The van der Waals surface area contributed by atoms with Gasteiger partial charge in [-0.15, -0.1) is 0 Å². The predicted molar refractivity (Wildman–Crippen MR) is 59.6 cm³/mol. The number of carbonyl (C=O) groups is 1. The Hall–Kier alpha value is -0.660. The Morgan fingerprint density at radius 3 is 2.38 bits per heavy atom. The van der Waals surface area contributed by atoms with Crippen molar-refractivity contribution in [3.63, 3.8) is 0 Å². The average molecular weight is 250 g/mol. The summed E-state index contributed by atoms with van der Waals surface area (Å²) in [4.78, 5) is 10.3. The van der Waals surface area contributed by atoms with Gasteiger partial charge in [0, 0.05) is 18.5 Å². The fourth-order valence-electron chi connectivity index (χ4n) is 2.01. The van der Waals surface area contributed by atoms with Gasteiger partial charge < -0.3 is 16.6 Å². The van der Waals surface area contributed by atoms with Crippen molar-refractivity contribution < 1.29 is 18.3 Å². The zero-order valence-electron chi connectivity index (χ0n) is 9.00. The van der Waals surface area contributed by atoms with Gasteiger partial charge in [0.25, 0.3) is 0 Å². The van der Waals surface area contributed by atoms with E-state index in [1.807, 2.05) is 0 Å². The molecule has 1 aliphatic heterocycles. The summed E-state index contributed by atoms with van der Waals surface area (Å²) >= 11 is 0. The fourth-order valence-corrected chi connectivity index (χ4v) is 4.22. The maximum absolute atomic E-state index is 11.6. The molecule has 0 spiro atoms. The van der Waals surface area contributed by atoms with Crippen molar-refractivity contribution in [3.05, 3.63) is 0 Å². The lowest BCUT2D eigenvalue weighted by Gasteiger charge is -2.15. The number of aliphatic carboxylic acids is 1. The molecule has 6 nitrogen and oxygen atoms in total. The maximum atomic E-state index is 11.6. The Labute approximate surface area is 94.9 Å². The number of carboxylic acid groups (broad SMARTS) is 1. The van der Waals surface area contributed by atoms with Crippen LogP contribution in [-0.4, -0.2) is 42.6 Å². The zero-order chi connectivity index (χ0) is 12.3. The van der Waals surface area contributed by atoms with Crippen LogP contribution in [0.25, 0.3) is 0 Å². The first-order chi connectivity index (χ1) is 7.34. The highest BCUT2D eigenvalue weighted by atomic mass is 32.2. The van der Waals surface area contributed by atoms with Crippen molar-refractivity contribution >= 4 is 15.8 Å². The van der Waals surface area contributed by atoms with E-state index in [0.29, 0.717) is 19.3 Å². The van der Waals surface area contributed by atoms with Crippen LogP contribution in [0.5, 0.6) is 0 Å². The Kier molecular flexibility index (Phi) is 4.28. The quantitative estimate of drug-likeness (QED) is 0.542. The molecule has 0 bridgehead atoms. The van der Waals surface area contributed by atoms with Crippen molar-refractivity contribution in [1.29, 1.82) is 0 Å². The van der Waals surface area contributed by atoms with E-state index in [-0.39, 0.29) is 12.2 Å². The average Bonchev–Trinajstić information content (AvgIpc) is 2.32. The van der Waals surface area contributed by atoms with E-state index in [1.54, 1.807) is 0 Å². The first kappa shape index (κ1) is 13.4. The van der Waals surface area contributed by atoms with Crippen LogP contribution in [0.3, 0.4) is 0 Å². The normalized spacial score (nSPS) is 32.8. The summed E-state index contributed by atoms with van der Waals surface area (Å²) in [6.07, 6.45) is 1.50. The Bertz CT molecular complexity index is 355. The van der Waals surface area contributed by atoms with Crippen molar-refractivity contribution in [2.24, 2.45) is 11.5 Å². The van der Waals surface area contributed by atoms with Crippen LogP contribution in [0, 0.1) is 0 Å². The van der Waals surface area contributed by atoms with Crippen LogP contribution >= 0.6 is 0 Å². The molecule has 0 amide bonds. The van der Waals surface area contributed by atoms with Crippen LogP contribution in [0.2, 0.25) is 0 Å². The highest BCUT2D eigenvalue weighted by Gasteiger charge is 2.42. The molecule has 1 saturated heterocycles. The summed E-state index contributed by atoms with van der Waals surface area (Å²) in [7, 11) is -3.18. The number of unbranched alkanes of at least 4 members (excludes halogenated alkanes) is 1. The van der Waals surface area contributed by atoms with Crippen molar-refractivity contribution in [2.45, 2.75) is 43.0 Å². The molecule has 0 aromatic rings. The number of nitrogens with two attached hydrogens (primary N) is 2. The molecule has 16 heavy (non-hydrogen) atoms. The van der Waals surface area contributed by atoms with Crippen LogP contribution in [0.15, 0.2) is 0 Å². The number of carboxylic acids is 1. The second-order valence-corrected chi connectivity index (χ2v) is 6.51. The van der Waals surface area contributed by atoms with Crippen LogP contribution in [0.1, 0.15) is 25.7 Å². The smallest absolute Gasteiger partial charge is 0.303 e. The molecule has 1 rings (SSSR count). The lowest BCUT2D eigenvalue weighted by Crippen LogP contribution is -2.44. The molecule has 0 aromatic heterocycles. The molecule has 0 aliphatic carbocycles. The topological polar surface area (TPSA) is 123 Å². The molecule has 1 aliphatic rings. The largest absolute Gasteiger partial charge is 0.481 e. The minimum Gasteiger partial charge on any atom is -0.481 e. The molecule has 7 heteroatoms. The summed E-state index contributed by atoms with van der Waals surface area (Å²) < 4.78 is 23.3. The van der Waals surface area contributed by atoms with E-state index in [0.717, 1.165) is 0 Å². The summed E-state index contributed by atoms with van der Waals surface area (Å²) in [5, 5.41) is 7.84. The number of rotatable bonds is 5. The lowest BCUT2D eigenvalue weighted by atomic mass is 10.0. The number of sulfone groups is 1. The second-order valence-electron chi connectivity index (χ2n) is 4.25. The summed E-state index contributed by atoms with van der Waals surface area (Å²) in [5.74, 6) is -0.923. The van der Waals surface area contributed by atoms with E-state index in [9.17, 15) is 13.2 Å². The van der Waals surface area contributed by atoms with Gasteiger partial charge in [-0.25, -0.2) is 8.42 Å². The first-order valence-corrected chi connectivity index (χ1v) is 7.00. The van der Waals surface area contributed by atoms with E-state index >= 15 is 0 Å². The molecule has 0 aromatic carbocycles. The molecule has 3 atom stereocenters. The molecule has 94 valence electrons. The summed E-state index contributed by atoms with van der Waals surface area (Å²) in [6.45, 7) is 0. The van der Waals surface area contributed by atoms with Crippen LogP contribution in [0.4, 0.5) is 0 Å². The zero-order valence-corrected chi connectivity index (χ0v) is 9.82. The standard InChI is InChI=1S/C9H18N2O4S/c10-6-5-16(14,15)7(9(6)11)3-1-2-4-8(12)13/h6-7,9H,1-5,10-11H2,(H,12,13)/t6-,7-,9-/m0/s1. The SMILES string of the molecule is N[C@H]1[C@@H](N)CS(=O)(=O)[C@H]1CCCCC(=O)O. The third kappa shape index (κ3) is 3.16. The molecular weight excluding hydrogens is 232 g/mol. The van der Waals surface area contributed by atoms with E-state index in [1.165, 1.54) is 0 Å². The fraction of sp³-hybridized carbons (Fsp3) is 0.889. The van der Waals surface area contributed by atoms with E-state index in [4.69, 9.17) is 16.6 Å². The predicted octanol–water partition coefficient (Wildman–Crippen LogP) is -0.917. The van der Waals surface area contributed by atoms with Crippen LogP contribution < -0.4 is 11.5 Å². The van der Waals surface area contributed by atoms with Gasteiger partial charge in [-0.1, -0.05) is 6.42 Å². The number of hydrogen-bond donors (Lipinski definition) is 3. The minimum atomic E-state index is -3.18. The second kappa shape index (κ2) is 5.11. The van der Waals surface area contributed by atoms with Gasteiger partial charge in [-0.05, 0) is 12.8 Å². The molecule has 5 N–H and O–H groups in total. The van der Waals surface area contributed by atoms with Gasteiger partial charge in [0.2, 0.25) is 0 Å². The Balaban J connectivity index is 2.44. The molecule has 0 unspecified atom stereocenters. The molecular formula is C9H18N2O4S. The maximum Gasteiger partial charge on any atom is 0.303 e. The highest BCUT2D eigenvalue weighted by Crippen LogP contribution is 2.23. The van der Waals surface area contributed by atoms with E-state index in [2.05, 4.69) is 0 Å². The Morgan fingerprint density at radius 1 is 1.31 bits per heavy atom. The molecule has 0 saturated carbocycles. The lowest BCUT2D eigenvalue weighted by molar-refractivity contribution is -0.137. The molecule has 1 fully saturated rings. The van der Waals surface area contributed by atoms with Gasteiger partial charge >= 0.3 is 5.97 Å². The third-order valence-corrected chi connectivity index (χ3v) is 5.26. The van der Waals surface area contributed by atoms with Crippen molar-refractivity contribution in [1.82, 2.24) is 0 Å². The van der Waals surface area contributed by atoms with Crippen LogP contribution in [-0.2, 0) is 14.6 Å². The third-order valence-electron chi connectivity index (χ3n) is 2.94. The minimum absolute atomic E-state index is 0.0578. The Morgan fingerprint density at radius 2 is 1.94 bits per heavy atom. The van der Waals surface area contributed by atoms with E-state index < -0.39 is 33.1 Å². The van der Waals surface area contributed by atoms with Gasteiger partial charge in [0.05, 0.1) is 11.0 Å². The summed E-state index contributed by atoms with van der Waals surface area (Å²) in [6, 6.07) is -1.01. The number of hydrogen-bond acceptors (Lipinski definition) is 5. The van der Waals surface area contributed by atoms with Gasteiger partial charge in [0.15, 0.2) is 9.84 Å².